The predicted octanol–water partition coefficient (Wildman–Crippen LogP) is 6.03. The van der Waals surface area contributed by atoms with Gasteiger partial charge in [0.05, 0.1) is 11.4 Å². The number of thioether (sulfide) groups is 2. The highest BCUT2D eigenvalue weighted by Crippen LogP contribution is 2.27. The van der Waals surface area contributed by atoms with Gasteiger partial charge in [0.1, 0.15) is 6.33 Å². The molecule has 2 aromatic carbocycles. The van der Waals surface area contributed by atoms with E-state index in [1.165, 1.54) is 9.79 Å². The fourth-order valence-electron chi connectivity index (χ4n) is 2.45. The molecular formula is C20H20N2S2. The summed E-state index contributed by atoms with van der Waals surface area (Å²) in [6, 6.07) is 19.2. The van der Waals surface area contributed by atoms with Gasteiger partial charge in [0.2, 0.25) is 0 Å². The maximum absolute atomic E-state index is 4.44. The van der Waals surface area contributed by atoms with Crippen LogP contribution >= 0.6 is 23.5 Å². The van der Waals surface area contributed by atoms with Crippen LogP contribution in [0.4, 0.5) is 0 Å². The molecule has 0 radical (unpaired) electrons. The first-order valence-electron chi connectivity index (χ1n) is 8.08. The van der Waals surface area contributed by atoms with Gasteiger partial charge < -0.3 is 0 Å². The van der Waals surface area contributed by atoms with Crippen molar-refractivity contribution in [2.24, 2.45) is 0 Å². The second-order valence-corrected chi connectivity index (χ2v) is 7.88. The van der Waals surface area contributed by atoms with E-state index in [4.69, 9.17) is 0 Å². The molecule has 0 amide bonds. The second-order valence-electron chi connectivity index (χ2n) is 5.20. The van der Waals surface area contributed by atoms with Gasteiger partial charge in [-0.05, 0) is 41.8 Å². The van der Waals surface area contributed by atoms with E-state index in [-0.39, 0.29) is 0 Å². The fourth-order valence-corrected chi connectivity index (χ4v) is 3.77. The Kier molecular flexibility index (Phi) is 5.94. The van der Waals surface area contributed by atoms with Gasteiger partial charge in [-0.15, -0.1) is 23.5 Å². The van der Waals surface area contributed by atoms with E-state index in [1.807, 2.05) is 23.5 Å². The smallest absolute Gasteiger partial charge is 0.116 e. The maximum Gasteiger partial charge on any atom is 0.116 e. The van der Waals surface area contributed by atoms with Crippen LogP contribution in [0, 0.1) is 0 Å². The standard InChI is InChI=1S/C20H20N2S2/c1-3-23-17-9-5-15(6-10-17)19-13-20(22-14-21-19)16-7-11-18(12-8-16)24-4-2/h5-14H,3-4H2,1-2H3. The lowest BCUT2D eigenvalue weighted by Gasteiger charge is -2.06. The van der Waals surface area contributed by atoms with Gasteiger partial charge in [-0.1, -0.05) is 38.1 Å². The van der Waals surface area contributed by atoms with Crippen molar-refractivity contribution in [2.75, 3.05) is 11.5 Å². The van der Waals surface area contributed by atoms with Crippen LogP contribution < -0.4 is 0 Å². The zero-order valence-corrected chi connectivity index (χ0v) is 15.5. The molecular weight excluding hydrogens is 332 g/mol. The first kappa shape index (κ1) is 17.1. The summed E-state index contributed by atoms with van der Waals surface area (Å²) in [5.74, 6) is 2.17. The Balaban J connectivity index is 1.85. The molecule has 0 saturated carbocycles. The lowest BCUT2D eigenvalue weighted by Crippen LogP contribution is -1.89. The molecule has 0 saturated heterocycles. The summed E-state index contributed by atoms with van der Waals surface area (Å²) in [6.07, 6.45) is 1.65. The fraction of sp³-hybridized carbons (Fsp3) is 0.200. The van der Waals surface area contributed by atoms with Gasteiger partial charge in [-0.2, -0.15) is 0 Å². The molecule has 1 heterocycles. The summed E-state index contributed by atoms with van der Waals surface area (Å²) in [7, 11) is 0. The van der Waals surface area contributed by atoms with Gasteiger partial charge >= 0.3 is 0 Å². The van der Waals surface area contributed by atoms with Crippen LogP contribution in [-0.4, -0.2) is 21.5 Å². The third-order valence-corrected chi connectivity index (χ3v) is 5.38. The molecule has 0 N–H and O–H groups in total. The van der Waals surface area contributed by atoms with E-state index in [2.05, 4.69) is 78.4 Å². The summed E-state index contributed by atoms with van der Waals surface area (Å²) in [5.41, 5.74) is 4.16. The van der Waals surface area contributed by atoms with Crippen molar-refractivity contribution in [2.45, 2.75) is 23.6 Å². The summed E-state index contributed by atoms with van der Waals surface area (Å²) in [6.45, 7) is 4.33. The van der Waals surface area contributed by atoms with Crippen molar-refractivity contribution in [3.8, 4) is 22.5 Å². The Morgan fingerprint density at radius 2 is 1.08 bits per heavy atom. The normalized spacial score (nSPS) is 10.8. The van der Waals surface area contributed by atoms with Crippen LogP contribution in [0.15, 0.2) is 70.7 Å². The van der Waals surface area contributed by atoms with Crippen molar-refractivity contribution in [1.82, 2.24) is 9.97 Å². The Morgan fingerprint density at radius 1 is 0.667 bits per heavy atom. The Bertz CT molecular complexity index is 719. The molecule has 0 spiro atoms. The molecule has 0 aliphatic rings. The topological polar surface area (TPSA) is 25.8 Å². The van der Waals surface area contributed by atoms with E-state index in [9.17, 15) is 0 Å². The minimum atomic E-state index is 0.958. The number of hydrogen-bond acceptors (Lipinski definition) is 4. The highest BCUT2D eigenvalue weighted by atomic mass is 32.2. The van der Waals surface area contributed by atoms with Gasteiger partial charge in [-0.3, -0.25) is 0 Å². The number of rotatable bonds is 6. The van der Waals surface area contributed by atoms with E-state index < -0.39 is 0 Å². The summed E-state index contributed by atoms with van der Waals surface area (Å²) in [4.78, 5) is 11.5. The van der Waals surface area contributed by atoms with E-state index in [0.717, 1.165) is 34.0 Å². The molecule has 122 valence electrons. The molecule has 0 aliphatic heterocycles. The van der Waals surface area contributed by atoms with Crippen LogP contribution in [0.2, 0.25) is 0 Å². The summed E-state index contributed by atoms with van der Waals surface area (Å²) >= 11 is 3.70. The highest BCUT2D eigenvalue weighted by Gasteiger charge is 2.05. The molecule has 3 rings (SSSR count). The monoisotopic (exact) mass is 352 g/mol. The Hall–Kier alpha value is -1.78. The van der Waals surface area contributed by atoms with Crippen molar-refractivity contribution in [3.05, 3.63) is 60.9 Å². The average Bonchev–Trinajstić information content (AvgIpc) is 2.64. The highest BCUT2D eigenvalue weighted by molar-refractivity contribution is 7.99. The van der Waals surface area contributed by atoms with Crippen LogP contribution in [-0.2, 0) is 0 Å². The van der Waals surface area contributed by atoms with Gasteiger partial charge in [-0.25, -0.2) is 9.97 Å². The first-order valence-corrected chi connectivity index (χ1v) is 10.1. The zero-order chi connectivity index (χ0) is 16.8. The molecule has 0 aliphatic carbocycles. The molecule has 24 heavy (non-hydrogen) atoms. The van der Waals surface area contributed by atoms with Crippen molar-refractivity contribution in [3.63, 3.8) is 0 Å². The third kappa shape index (κ3) is 4.19. The van der Waals surface area contributed by atoms with Crippen molar-refractivity contribution < 1.29 is 0 Å². The number of benzene rings is 2. The molecule has 3 aromatic rings. The number of hydrogen-bond donors (Lipinski definition) is 0. The third-order valence-electron chi connectivity index (χ3n) is 3.59. The molecule has 2 nitrogen and oxygen atoms in total. The van der Waals surface area contributed by atoms with Gasteiger partial charge in [0, 0.05) is 20.9 Å². The van der Waals surface area contributed by atoms with Crippen molar-refractivity contribution in [1.29, 1.82) is 0 Å². The minimum Gasteiger partial charge on any atom is -0.236 e. The molecule has 0 atom stereocenters. The summed E-state index contributed by atoms with van der Waals surface area (Å²) < 4.78 is 0. The molecule has 0 unspecified atom stereocenters. The molecule has 4 heteroatoms. The van der Waals surface area contributed by atoms with Crippen LogP contribution in [0.1, 0.15) is 13.8 Å². The van der Waals surface area contributed by atoms with Crippen LogP contribution in [0.25, 0.3) is 22.5 Å². The van der Waals surface area contributed by atoms with E-state index in [1.54, 1.807) is 6.33 Å². The lowest BCUT2D eigenvalue weighted by molar-refractivity contribution is 1.17. The first-order chi connectivity index (χ1) is 11.8. The number of nitrogens with zero attached hydrogens (tertiary/aromatic N) is 2. The largest absolute Gasteiger partial charge is 0.236 e. The SMILES string of the molecule is CCSc1ccc(-c2cc(-c3ccc(SCC)cc3)ncn2)cc1. The lowest BCUT2D eigenvalue weighted by atomic mass is 10.1. The molecule has 0 fully saturated rings. The van der Waals surface area contributed by atoms with Crippen molar-refractivity contribution >= 4 is 23.5 Å². The van der Waals surface area contributed by atoms with E-state index in [0.29, 0.717) is 0 Å². The molecule has 1 aromatic heterocycles. The Morgan fingerprint density at radius 3 is 1.46 bits per heavy atom. The zero-order valence-electron chi connectivity index (χ0n) is 13.9. The Labute approximate surface area is 152 Å². The average molecular weight is 353 g/mol. The van der Waals surface area contributed by atoms with E-state index >= 15 is 0 Å². The molecule has 0 bridgehead atoms. The minimum absolute atomic E-state index is 0.958. The number of aromatic nitrogens is 2. The van der Waals surface area contributed by atoms with Crippen LogP contribution in [0.5, 0.6) is 0 Å². The van der Waals surface area contributed by atoms with Crippen LogP contribution in [0.3, 0.4) is 0 Å². The quantitative estimate of drug-likeness (QED) is 0.506. The van der Waals surface area contributed by atoms with Gasteiger partial charge in [0.15, 0.2) is 0 Å². The predicted molar refractivity (Wildman–Crippen MR) is 106 cm³/mol. The van der Waals surface area contributed by atoms with Gasteiger partial charge in [0.25, 0.3) is 0 Å². The summed E-state index contributed by atoms with van der Waals surface area (Å²) in [5, 5.41) is 0. The maximum atomic E-state index is 4.44. The second kappa shape index (κ2) is 8.36.